The molecule has 1 aromatic heterocycles. The molecule has 0 spiro atoms. The van der Waals surface area contributed by atoms with Crippen molar-refractivity contribution >= 4 is 17.3 Å². The Hall–Kier alpha value is -2.43. The predicted octanol–water partition coefficient (Wildman–Crippen LogP) is 2.67. The monoisotopic (exact) mass is 259 g/mol. The largest absolute Gasteiger partial charge is 0.398 e. The van der Waals surface area contributed by atoms with Gasteiger partial charge in [0.1, 0.15) is 5.82 Å². The number of aromatic nitrogens is 1. The highest BCUT2D eigenvalue weighted by Crippen LogP contribution is 2.18. The van der Waals surface area contributed by atoms with Gasteiger partial charge < -0.3 is 11.1 Å². The van der Waals surface area contributed by atoms with Crippen LogP contribution in [0.15, 0.2) is 30.3 Å². The first kappa shape index (κ1) is 13.0. The topological polar surface area (TPSA) is 68.0 Å². The van der Waals surface area contributed by atoms with Crippen LogP contribution in [-0.4, -0.2) is 10.9 Å². The van der Waals surface area contributed by atoms with E-state index in [9.17, 15) is 9.18 Å². The molecule has 0 unspecified atom stereocenters. The maximum Gasteiger partial charge on any atom is 0.257 e. The molecular formula is C14H14FN3O. The summed E-state index contributed by atoms with van der Waals surface area (Å²) in [5.41, 5.74) is 8.16. The fourth-order valence-corrected chi connectivity index (χ4v) is 1.75. The highest BCUT2D eigenvalue weighted by molar-refractivity contribution is 6.07. The number of nitrogen functional groups attached to an aromatic ring is 1. The number of nitrogens with two attached hydrogens (primary N) is 1. The molecule has 98 valence electrons. The van der Waals surface area contributed by atoms with E-state index in [1.165, 1.54) is 12.1 Å². The van der Waals surface area contributed by atoms with Crippen LogP contribution in [0, 0.1) is 19.7 Å². The second-order valence-electron chi connectivity index (χ2n) is 4.27. The molecule has 19 heavy (non-hydrogen) atoms. The molecule has 1 heterocycles. The minimum absolute atomic E-state index is 0.107. The van der Waals surface area contributed by atoms with Crippen molar-refractivity contribution in [2.75, 3.05) is 11.1 Å². The number of nitrogens with zero attached hydrogens (tertiary/aromatic N) is 1. The summed E-state index contributed by atoms with van der Waals surface area (Å²) in [4.78, 5) is 16.3. The minimum Gasteiger partial charge on any atom is -0.398 e. The number of carbonyl (C=O) groups excluding carboxylic acids is 1. The summed E-state index contributed by atoms with van der Waals surface area (Å²) in [7, 11) is 0. The van der Waals surface area contributed by atoms with Gasteiger partial charge in [-0.1, -0.05) is 0 Å². The SMILES string of the molecule is Cc1ccc(NC(=O)c2ccc(F)cc2N)c(C)n1. The first-order valence-corrected chi connectivity index (χ1v) is 5.78. The molecule has 0 saturated heterocycles. The van der Waals surface area contributed by atoms with Crippen molar-refractivity contribution in [1.29, 1.82) is 0 Å². The Balaban J connectivity index is 2.25. The molecule has 3 N–H and O–H groups in total. The number of amides is 1. The average Bonchev–Trinajstić information content (AvgIpc) is 2.32. The lowest BCUT2D eigenvalue weighted by atomic mass is 10.1. The molecule has 0 radical (unpaired) electrons. The van der Waals surface area contributed by atoms with E-state index >= 15 is 0 Å². The lowest BCUT2D eigenvalue weighted by Gasteiger charge is -2.10. The van der Waals surface area contributed by atoms with Crippen molar-refractivity contribution in [3.63, 3.8) is 0 Å². The number of anilines is 2. The minimum atomic E-state index is -0.470. The number of carbonyl (C=O) groups is 1. The van der Waals surface area contributed by atoms with Gasteiger partial charge in [0.15, 0.2) is 0 Å². The van der Waals surface area contributed by atoms with Crippen molar-refractivity contribution in [3.8, 4) is 0 Å². The molecule has 5 heteroatoms. The number of rotatable bonds is 2. The Morgan fingerprint density at radius 2 is 2.00 bits per heavy atom. The van der Waals surface area contributed by atoms with E-state index in [0.29, 0.717) is 11.4 Å². The number of hydrogen-bond donors (Lipinski definition) is 2. The zero-order valence-electron chi connectivity index (χ0n) is 10.7. The number of halogens is 1. The van der Waals surface area contributed by atoms with Gasteiger partial charge in [-0.25, -0.2) is 4.39 Å². The Bertz CT molecular complexity index is 641. The van der Waals surface area contributed by atoms with Crippen LogP contribution < -0.4 is 11.1 Å². The van der Waals surface area contributed by atoms with E-state index in [0.717, 1.165) is 11.8 Å². The fourth-order valence-electron chi connectivity index (χ4n) is 1.75. The molecule has 0 aliphatic heterocycles. The molecular weight excluding hydrogens is 245 g/mol. The van der Waals surface area contributed by atoms with E-state index < -0.39 is 5.82 Å². The van der Waals surface area contributed by atoms with Gasteiger partial charge in [0.05, 0.1) is 16.9 Å². The summed E-state index contributed by atoms with van der Waals surface area (Å²) in [5.74, 6) is -0.853. The second kappa shape index (κ2) is 5.06. The molecule has 1 aromatic carbocycles. The van der Waals surface area contributed by atoms with Crippen molar-refractivity contribution in [3.05, 3.63) is 53.1 Å². The zero-order chi connectivity index (χ0) is 14.0. The van der Waals surface area contributed by atoms with E-state index in [4.69, 9.17) is 5.73 Å². The third-order valence-electron chi connectivity index (χ3n) is 2.73. The molecule has 0 aliphatic rings. The van der Waals surface area contributed by atoms with Gasteiger partial charge in [0, 0.05) is 11.4 Å². The van der Waals surface area contributed by atoms with Gasteiger partial charge in [-0.3, -0.25) is 9.78 Å². The second-order valence-corrected chi connectivity index (χ2v) is 4.27. The molecule has 0 fully saturated rings. The van der Waals surface area contributed by atoms with Crippen molar-refractivity contribution in [1.82, 2.24) is 4.98 Å². The number of aryl methyl sites for hydroxylation is 2. The molecule has 0 bridgehead atoms. The van der Waals surface area contributed by atoms with Gasteiger partial charge in [0.2, 0.25) is 0 Å². The summed E-state index contributed by atoms with van der Waals surface area (Å²) in [6.45, 7) is 3.67. The average molecular weight is 259 g/mol. The van der Waals surface area contributed by atoms with Crippen molar-refractivity contribution in [2.45, 2.75) is 13.8 Å². The summed E-state index contributed by atoms with van der Waals surface area (Å²) in [5, 5.41) is 2.71. The molecule has 2 aromatic rings. The number of pyridine rings is 1. The van der Waals surface area contributed by atoms with Crippen molar-refractivity contribution < 1.29 is 9.18 Å². The molecule has 4 nitrogen and oxygen atoms in total. The summed E-state index contributed by atoms with van der Waals surface area (Å²) in [6.07, 6.45) is 0. The Morgan fingerprint density at radius 3 is 2.63 bits per heavy atom. The van der Waals surface area contributed by atoms with E-state index in [1.807, 2.05) is 6.92 Å². The quantitative estimate of drug-likeness (QED) is 0.815. The van der Waals surface area contributed by atoms with Crippen LogP contribution >= 0.6 is 0 Å². The molecule has 2 rings (SSSR count). The van der Waals surface area contributed by atoms with Crippen LogP contribution in [0.4, 0.5) is 15.8 Å². The van der Waals surface area contributed by atoms with Crippen LogP contribution in [0.5, 0.6) is 0 Å². The third kappa shape index (κ3) is 2.88. The lowest BCUT2D eigenvalue weighted by molar-refractivity contribution is 0.102. The first-order chi connectivity index (χ1) is 8.97. The van der Waals surface area contributed by atoms with Crippen LogP contribution in [-0.2, 0) is 0 Å². The van der Waals surface area contributed by atoms with E-state index in [-0.39, 0.29) is 17.2 Å². The van der Waals surface area contributed by atoms with Crippen molar-refractivity contribution in [2.24, 2.45) is 0 Å². The van der Waals surface area contributed by atoms with E-state index in [1.54, 1.807) is 19.1 Å². The molecule has 1 amide bonds. The summed E-state index contributed by atoms with van der Waals surface area (Å²) >= 11 is 0. The Labute approximate surface area is 110 Å². The molecule has 0 saturated carbocycles. The number of benzene rings is 1. The number of nitrogens with one attached hydrogen (secondary N) is 1. The fraction of sp³-hybridized carbons (Fsp3) is 0.143. The zero-order valence-corrected chi connectivity index (χ0v) is 10.7. The Morgan fingerprint density at radius 1 is 1.26 bits per heavy atom. The van der Waals surface area contributed by atoms with Crippen LogP contribution in [0.1, 0.15) is 21.7 Å². The van der Waals surface area contributed by atoms with Crippen LogP contribution in [0.2, 0.25) is 0 Å². The first-order valence-electron chi connectivity index (χ1n) is 5.78. The Kier molecular flexibility index (Phi) is 3.46. The normalized spacial score (nSPS) is 10.3. The van der Waals surface area contributed by atoms with Gasteiger partial charge in [-0.15, -0.1) is 0 Å². The standard InChI is InChI=1S/C14H14FN3O/c1-8-3-6-13(9(2)17-8)18-14(19)11-5-4-10(15)7-12(11)16/h3-7H,16H2,1-2H3,(H,18,19). The molecule has 0 atom stereocenters. The highest BCUT2D eigenvalue weighted by Gasteiger charge is 2.12. The van der Waals surface area contributed by atoms with Gasteiger partial charge in [-0.05, 0) is 44.2 Å². The predicted molar refractivity (Wildman–Crippen MR) is 72.5 cm³/mol. The maximum atomic E-state index is 12.9. The van der Waals surface area contributed by atoms with E-state index in [2.05, 4.69) is 10.3 Å². The highest BCUT2D eigenvalue weighted by atomic mass is 19.1. The van der Waals surface area contributed by atoms with Crippen LogP contribution in [0.25, 0.3) is 0 Å². The summed E-state index contributed by atoms with van der Waals surface area (Å²) in [6, 6.07) is 7.25. The summed E-state index contributed by atoms with van der Waals surface area (Å²) < 4.78 is 12.9. The third-order valence-corrected chi connectivity index (χ3v) is 2.73. The maximum absolute atomic E-state index is 12.9. The lowest BCUT2D eigenvalue weighted by Crippen LogP contribution is -2.15. The van der Waals surface area contributed by atoms with Gasteiger partial charge >= 0.3 is 0 Å². The number of hydrogen-bond acceptors (Lipinski definition) is 3. The van der Waals surface area contributed by atoms with Gasteiger partial charge in [-0.2, -0.15) is 0 Å². The van der Waals surface area contributed by atoms with Crippen LogP contribution in [0.3, 0.4) is 0 Å². The van der Waals surface area contributed by atoms with Gasteiger partial charge in [0.25, 0.3) is 5.91 Å². The smallest absolute Gasteiger partial charge is 0.257 e. The molecule has 0 aliphatic carbocycles.